The molecule has 0 aliphatic carbocycles. The molecule has 0 amide bonds. The molecular weight excluding hydrogens is 641 g/mol. The topological polar surface area (TPSA) is 55.8 Å². The molecular formula is C48H88O4. The molecule has 0 radical (unpaired) electrons. The molecule has 0 aromatic heterocycles. The first-order chi connectivity index (χ1) is 25.7. The number of esters is 1. The molecule has 0 heterocycles. The van der Waals surface area contributed by atoms with E-state index in [0.717, 1.165) is 44.9 Å². The lowest BCUT2D eigenvalue weighted by Crippen LogP contribution is -2.27. The molecule has 0 aliphatic heterocycles. The van der Waals surface area contributed by atoms with E-state index in [1.807, 2.05) is 0 Å². The lowest BCUT2D eigenvalue weighted by atomic mass is 10.0. The fourth-order valence-electron chi connectivity index (χ4n) is 6.56. The summed E-state index contributed by atoms with van der Waals surface area (Å²) in [6.45, 7) is 5.25. The van der Waals surface area contributed by atoms with Crippen LogP contribution in [0.2, 0.25) is 0 Å². The first-order valence-corrected chi connectivity index (χ1v) is 22.7. The molecule has 0 aromatic carbocycles. The van der Waals surface area contributed by atoms with E-state index in [9.17, 15) is 9.90 Å². The maximum atomic E-state index is 12.2. The number of aliphatic hydroxyl groups excluding tert-OH is 1. The number of ether oxygens (including phenoxy) is 2. The molecule has 52 heavy (non-hydrogen) atoms. The SMILES string of the molecule is CC/C=C\C/C=C\C/C=C\C/C=C\CCCCCCCCCCCCCOCC(CO)OC(=O)CCCCCCCCCCCCCCCCCC. The summed E-state index contributed by atoms with van der Waals surface area (Å²) < 4.78 is 11.2. The summed E-state index contributed by atoms with van der Waals surface area (Å²) in [4.78, 5) is 12.2. The average molecular weight is 729 g/mol. The number of unbranched alkanes of at least 4 members (excludes halogenated alkanes) is 26. The van der Waals surface area contributed by atoms with Crippen LogP contribution < -0.4 is 0 Å². The fourth-order valence-corrected chi connectivity index (χ4v) is 6.56. The summed E-state index contributed by atoms with van der Waals surface area (Å²) in [5, 5.41) is 9.62. The standard InChI is InChI=1S/C48H88O4/c1-3-5-7-9-11-13-15-17-19-21-22-23-24-25-26-27-28-30-32-34-36-38-40-42-44-51-46-47(45-49)52-48(50)43-41-39-37-35-33-31-29-20-18-16-14-12-10-8-6-4-2/h5,7,11,13,17,19,22-23,47,49H,3-4,6,8-10,12,14-16,18,20-21,24-46H2,1-2H3/b7-5-,13-11-,19-17-,23-22-. The minimum atomic E-state index is -0.534. The molecule has 0 aliphatic rings. The molecule has 1 N–H and O–H groups in total. The van der Waals surface area contributed by atoms with Crippen LogP contribution in [0.25, 0.3) is 0 Å². The van der Waals surface area contributed by atoms with Crippen LogP contribution in [0.4, 0.5) is 0 Å². The normalized spacial score (nSPS) is 12.8. The second kappa shape index (κ2) is 45.5. The van der Waals surface area contributed by atoms with Crippen molar-refractivity contribution in [2.45, 2.75) is 232 Å². The smallest absolute Gasteiger partial charge is 0.306 e. The second-order valence-corrected chi connectivity index (χ2v) is 15.1. The Morgan fingerprint density at radius 3 is 1.31 bits per heavy atom. The van der Waals surface area contributed by atoms with Gasteiger partial charge < -0.3 is 14.6 Å². The maximum Gasteiger partial charge on any atom is 0.306 e. The number of allylic oxidation sites excluding steroid dienone is 8. The largest absolute Gasteiger partial charge is 0.457 e. The van der Waals surface area contributed by atoms with Gasteiger partial charge in [0.1, 0.15) is 6.10 Å². The van der Waals surface area contributed by atoms with Gasteiger partial charge in [-0.2, -0.15) is 0 Å². The van der Waals surface area contributed by atoms with Crippen molar-refractivity contribution < 1.29 is 19.4 Å². The number of hydrogen-bond donors (Lipinski definition) is 1. The third-order valence-corrected chi connectivity index (χ3v) is 9.92. The molecule has 0 saturated heterocycles. The van der Waals surface area contributed by atoms with Gasteiger partial charge in [-0.05, 0) is 51.4 Å². The van der Waals surface area contributed by atoms with Crippen molar-refractivity contribution in [3.63, 3.8) is 0 Å². The van der Waals surface area contributed by atoms with E-state index < -0.39 is 6.10 Å². The van der Waals surface area contributed by atoms with Gasteiger partial charge in [-0.1, -0.05) is 217 Å². The zero-order valence-electron chi connectivity index (χ0n) is 34.8. The summed E-state index contributed by atoms with van der Waals surface area (Å²) in [7, 11) is 0. The van der Waals surface area contributed by atoms with Crippen LogP contribution in [0.1, 0.15) is 226 Å². The van der Waals surface area contributed by atoms with E-state index in [2.05, 4.69) is 62.5 Å². The lowest BCUT2D eigenvalue weighted by molar-refractivity contribution is -0.154. The van der Waals surface area contributed by atoms with Crippen LogP contribution in [-0.4, -0.2) is 37.0 Å². The molecule has 0 spiro atoms. The number of aliphatic hydroxyl groups is 1. The minimum absolute atomic E-state index is 0.171. The fraction of sp³-hybridized carbons (Fsp3) is 0.812. The predicted molar refractivity (Wildman–Crippen MR) is 228 cm³/mol. The Labute approximate surface area is 324 Å². The van der Waals surface area contributed by atoms with Crippen molar-refractivity contribution in [1.82, 2.24) is 0 Å². The zero-order valence-corrected chi connectivity index (χ0v) is 34.8. The van der Waals surface area contributed by atoms with Gasteiger partial charge in [0.2, 0.25) is 0 Å². The van der Waals surface area contributed by atoms with Crippen LogP contribution in [0.5, 0.6) is 0 Å². The third-order valence-electron chi connectivity index (χ3n) is 9.92. The van der Waals surface area contributed by atoms with Gasteiger partial charge in [0.05, 0.1) is 13.2 Å². The maximum absolute atomic E-state index is 12.2. The number of hydrogen-bond acceptors (Lipinski definition) is 4. The first-order valence-electron chi connectivity index (χ1n) is 22.7. The highest BCUT2D eigenvalue weighted by molar-refractivity contribution is 5.69. The molecule has 1 unspecified atom stereocenters. The Morgan fingerprint density at radius 1 is 0.481 bits per heavy atom. The van der Waals surface area contributed by atoms with Gasteiger partial charge in [0.25, 0.3) is 0 Å². The molecule has 0 rings (SSSR count). The van der Waals surface area contributed by atoms with Gasteiger partial charge in [0, 0.05) is 13.0 Å². The van der Waals surface area contributed by atoms with Gasteiger partial charge in [-0.25, -0.2) is 0 Å². The molecule has 0 saturated carbocycles. The van der Waals surface area contributed by atoms with E-state index in [4.69, 9.17) is 9.47 Å². The van der Waals surface area contributed by atoms with Crippen molar-refractivity contribution in [1.29, 1.82) is 0 Å². The Morgan fingerprint density at radius 2 is 0.865 bits per heavy atom. The van der Waals surface area contributed by atoms with Crippen LogP contribution in [0.15, 0.2) is 48.6 Å². The Bertz CT molecular complexity index is 813. The number of carbonyl (C=O) groups is 1. The van der Waals surface area contributed by atoms with Gasteiger partial charge >= 0.3 is 5.97 Å². The average Bonchev–Trinajstić information content (AvgIpc) is 3.15. The van der Waals surface area contributed by atoms with Crippen LogP contribution in [-0.2, 0) is 14.3 Å². The van der Waals surface area contributed by atoms with E-state index in [-0.39, 0.29) is 12.6 Å². The van der Waals surface area contributed by atoms with E-state index in [1.54, 1.807) is 0 Å². The third kappa shape index (κ3) is 42.8. The lowest BCUT2D eigenvalue weighted by Gasteiger charge is -2.16. The van der Waals surface area contributed by atoms with Crippen molar-refractivity contribution in [2.24, 2.45) is 0 Å². The quantitative estimate of drug-likeness (QED) is 0.0386. The minimum Gasteiger partial charge on any atom is -0.457 e. The first kappa shape index (κ1) is 50.4. The second-order valence-electron chi connectivity index (χ2n) is 15.1. The van der Waals surface area contributed by atoms with Crippen molar-refractivity contribution in [3.05, 3.63) is 48.6 Å². The highest BCUT2D eigenvalue weighted by Gasteiger charge is 2.13. The van der Waals surface area contributed by atoms with Gasteiger partial charge in [0.15, 0.2) is 0 Å². The summed E-state index contributed by atoms with van der Waals surface area (Å²) in [5.41, 5.74) is 0. The molecule has 0 aromatic rings. The molecule has 4 heteroatoms. The van der Waals surface area contributed by atoms with Crippen molar-refractivity contribution >= 4 is 5.97 Å². The number of rotatable bonds is 42. The molecule has 1 atom stereocenters. The number of carbonyl (C=O) groups excluding carboxylic acids is 1. The zero-order chi connectivity index (χ0) is 37.7. The van der Waals surface area contributed by atoms with E-state index >= 15 is 0 Å². The molecule has 0 fully saturated rings. The monoisotopic (exact) mass is 729 g/mol. The van der Waals surface area contributed by atoms with Gasteiger partial charge in [-0.15, -0.1) is 0 Å². The Balaban J connectivity index is 3.41. The molecule has 304 valence electrons. The molecule has 4 nitrogen and oxygen atoms in total. The van der Waals surface area contributed by atoms with Crippen LogP contribution in [0.3, 0.4) is 0 Å². The van der Waals surface area contributed by atoms with Gasteiger partial charge in [-0.3, -0.25) is 4.79 Å². The molecule has 0 bridgehead atoms. The van der Waals surface area contributed by atoms with E-state index in [0.29, 0.717) is 19.6 Å². The highest BCUT2D eigenvalue weighted by atomic mass is 16.6. The van der Waals surface area contributed by atoms with Crippen LogP contribution >= 0.6 is 0 Å². The highest BCUT2D eigenvalue weighted by Crippen LogP contribution is 2.15. The predicted octanol–water partition coefficient (Wildman–Crippen LogP) is 15.0. The van der Waals surface area contributed by atoms with E-state index in [1.165, 1.54) is 161 Å². The Kier molecular flexibility index (Phi) is 44.1. The Hall–Kier alpha value is -1.65. The van der Waals surface area contributed by atoms with Crippen LogP contribution in [0, 0.1) is 0 Å². The summed E-state index contributed by atoms with van der Waals surface area (Å²) in [5.74, 6) is -0.199. The summed E-state index contributed by atoms with van der Waals surface area (Å²) in [6, 6.07) is 0. The van der Waals surface area contributed by atoms with Crippen molar-refractivity contribution in [3.8, 4) is 0 Å². The summed E-state index contributed by atoms with van der Waals surface area (Å²) >= 11 is 0. The van der Waals surface area contributed by atoms with Crippen molar-refractivity contribution in [2.75, 3.05) is 19.8 Å². The summed E-state index contributed by atoms with van der Waals surface area (Å²) in [6.07, 6.45) is 58.9.